The summed E-state index contributed by atoms with van der Waals surface area (Å²) in [5.74, 6) is -0.860. The van der Waals surface area contributed by atoms with Gasteiger partial charge >= 0.3 is 5.97 Å². The molecule has 3 heterocycles. The number of halogens is 1. The van der Waals surface area contributed by atoms with Gasteiger partial charge in [-0.3, -0.25) is 9.69 Å². The highest BCUT2D eigenvalue weighted by atomic mass is 35.5. The van der Waals surface area contributed by atoms with Gasteiger partial charge in [0.05, 0.1) is 17.6 Å². The van der Waals surface area contributed by atoms with Crippen LogP contribution in [-0.2, 0) is 27.7 Å². The Morgan fingerprint density at radius 3 is 2.51 bits per heavy atom. The average Bonchev–Trinajstić information content (AvgIpc) is 3.20. The van der Waals surface area contributed by atoms with Crippen LogP contribution in [0.1, 0.15) is 64.3 Å². The zero-order chi connectivity index (χ0) is 24.5. The van der Waals surface area contributed by atoms with Gasteiger partial charge in [0.15, 0.2) is 0 Å². The van der Waals surface area contributed by atoms with E-state index < -0.39 is 21.9 Å². The predicted molar refractivity (Wildman–Crippen MR) is 139 cm³/mol. The number of carbonyl (C=O) groups is 2. The number of carbonyl (C=O) groups excluding carboxylic acids is 2. The third kappa shape index (κ3) is 5.56. The summed E-state index contributed by atoms with van der Waals surface area (Å²) in [5.41, 5.74) is 1.68. The number of rotatable bonds is 6. The number of nitrogens with one attached hydrogen (secondary N) is 1. The number of piperidine rings is 1. The van der Waals surface area contributed by atoms with Gasteiger partial charge in [-0.1, -0.05) is 13.3 Å². The fourth-order valence-corrected chi connectivity index (χ4v) is 7.62. The molecule has 1 aromatic heterocycles. The van der Waals surface area contributed by atoms with Crippen molar-refractivity contribution in [2.75, 3.05) is 32.1 Å². The zero-order valence-electron chi connectivity index (χ0n) is 20.2. The molecule has 1 atom stereocenters. The fourth-order valence-electron chi connectivity index (χ4n) is 4.65. The summed E-state index contributed by atoms with van der Waals surface area (Å²) >= 11 is 1.40. The van der Waals surface area contributed by atoms with Crippen LogP contribution in [-0.4, -0.2) is 62.3 Å². The second-order valence-electron chi connectivity index (χ2n) is 8.76. The normalized spacial score (nSPS) is 18.9. The molecule has 11 heteroatoms. The van der Waals surface area contributed by atoms with Crippen LogP contribution in [0.2, 0.25) is 0 Å². The lowest BCUT2D eigenvalue weighted by Gasteiger charge is -2.32. The quantitative estimate of drug-likeness (QED) is 0.552. The number of hydrogen-bond donors (Lipinski definition) is 1. The van der Waals surface area contributed by atoms with E-state index in [4.69, 9.17) is 4.74 Å². The number of thiophene rings is 1. The van der Waals surface area contributed by atoms with Gasteiger partial charge in [-0.05, 0) is 62.6 Å². The van der Waals surface area contributed by atoms with Crippen LogP contribution in [0.3, 0.4) is 0 Å². The number of likely N-dealkylation sites (N-methyl/N-ethyl adjacent to an activating group) is 1. The maximum absolute atomic E-state index is 13.1. The molecule has 192 valence electrons. The Balaban J connectivity index is 0.00000342. The number of fused-ring (bicyclic) bond motifs is 1. The summed E-state index contributed by atoms with van der Waals surface area (Å²) in [6.45, 7) is 7.04. The van der Waals surface area contributed by atoms with E-state index in [2.05, 4.69) is 17.1 Å². The van der Waals surface area contributed by atoms with Crippen molar-refractivity contribution in [1.29, 1.82) is 0 Å². The van der Waals surface area contributed by atoms with E-state index in [1.54, 1.807) is 4.31 Å². The first kappa shape index (κ1) is 27.6. The van der Waals surface area contributed by atoms with Crippen molar-refractivity contribution in [2.45, 2.75) is 57.0 Å². The third-order valence-corrected chi connectivity index (χ3v) is 9.82. The lowest BCUT2D eigenvalue weighted by atomic mass is 10.0. The Morgan fingerprint density at radius 1 is 1.17 bits per heavy atom. The Labute approximate surface area is 217 Å². The molecule has 35 heavy (non-hydrogen) atoms. The molecule has 0 radical (unpaired) electrons. The van der Waals surface area contributed by atoms with Crippen molar-refractivity contribution < 1.29 is 22.7 Å². The van der Waals surface area contributed by atoms with E-state index in [-0.39, 0.29) is 23.3 Å². The Bertz CT molecular complexity index is 1180. The van der Waals surface area contributed by atoms with Crippen LogP contribution in [0, 0.1) is 0 Å². The predicted octanol–water partition coefficient (Wildman–Crippen LogP) is 4.15. The molecule has 1 amide bonds. The number of hydrogen-bond acceptors (Lipinski definition) is 7. The van der Waals surface area contributed by atoms with E-state index in [9.17, 15) is 18.0 Å². The maximum Gasteiger partial charge on any atom is 0.341 e. The molecule has 0 saturated carbocycles. The standard InChI is InChI=1S/C24H31N3O5S2.ClH/c1-4-26-14-12-19-20(15-26)33-23(21(19)24(29)32-3)25-22(28)17-8-10-18(11-9-17)34(30,31)27-13-6-5-7-16(27)2;/h8-11,16H,4-7,12-15H2,1-3H3,(H,25,28);1H. The SMILES string of the molecule is CCN1CCc2c(sc(NC(=O)c3ccc(S(=O)(=O)N4CCCCC4C)cc3)c2C(=O)OC)C1.Cl. The first-order valence-corrected chi connectivity index (χ1v) is 13.9. The summed E-state index contributed by atoms with van der Waals surface area (Å²) < 4.78 is 32.7. The average molecular weight is 542 g/mol. The lowest BCUT2D eigenvalue weighted by molar-refractivity contribution is 0.0600. The Kier molecular flexibility index (Phi) is 8.98. The highest BCUT2D eigenvalue weighted by Gasteiger charge is 2.32. The number of sulfonamides is 1. The first-order valence-electron chi connectivity index (χ1n) is 11.6. The van der Waals surface area contributed by atoms with Crippen LogP contribution in [0.25, 0.3) is 0 Å². The van der Waals surface area contributed by atoms with Gasteiger partial charge in [0.2, 0.25) is 10.0 Å². The van der Waals surface area contributed by atoms with Crippen LogP contribution in [0.4, 0.5) is 5.00 Å². The number of nitrogens with zero attached hydrogens (tertiary/aromatic N) is 2. The van der Waals surface area contributed by atoms with E-state index in [1.807, 2.05) is 6.92 Å². The van der Waals surface area contributed by atoms with E-state index in [0.717, 1.165) is 55.8 Å². The molecule has 8 nitrogen and oxygen atoms in total. The van der Waals surface area contributed by atoms with Gasteiger partial charge in [-0.25, -0.2) is 13.2 Å². The Hall–Kier alpha value is -1.98. The summed E-state index contributed by atoms with van der Waals surface area (Å²) in [7, 11) is -2.27. The second kappa shape index (κ2) is 11.4. The monoisotopic (exact) mass is 541 g/mol. The molecule has 2 aliphatic heterocycles. The minimum absolute atomic E-state index is 0. The molecular formula is C24H32ClN3O5S2. The number of ether oxygens (including phenoxy) is 1. The summed E-state index contributed by atoms with van der Waals surface area (Å²) in [5, 5.41) is 3.33. The molecule has 1 fully saturated rings. The van der Waals surface area contributed by atoms with Crippen molar-refractivity contribution in [2.24, 2.45) is 0 Å². The van der Waals surface area contributed by atoms with Gasteiger partial charge in [-0.2, -0.15) is 4.31 Å². The topological polar surface area (TPSA) is 96.0 Å². The molecule has 4 rings (SSSR count). The van der Waals surface area contributed by atoms with Crippen molar-refractivity contribution in [3.05, 3.63) is 45.8 Å². The second-order valence-corrected chi connectivity index (χ2v) is 11.8. The highest BCUT2D eigenvalue weighted by molar-refractivity contribution is 7.89. The van der Waals surface area contributed by atoms with Crippen LogP contribution >= 0.6 is 23.7 Å². The molecular weight excluding hydrogens is 510 g/mol. The van der Waals surface area contributed by atoms with Crippen LogP contribution in [0.5, 0.6) is 0 Å². The molecule has 0 aliphatic carbocycles. The van der Waals surface area contributed by atoms with Gasteiger partial charge < -0.3 is 10.1 Å². The lowest BCUT2D eigenvalue weighted by Crippen LogP contribution is -2.41. The van der Waals surface area contributed by atoms with Crippen LogP contribution < -0.4 is 5.32 Å². The van der Waals surface area contributed by atoms with E-state index in [1.165, 1.54) is 42.7 Å². The summed E-state index contributed by atoms with van der Waals surface area (Å²) in [6, 6.07) is 5.95. The molecule has 1 aromatic carbocycles. The minimum atomic E-state index is -3.61. The molecule has 2 aliphatic rings. The Morgan fingerprint density at radius 2 is 1.89 bits per heavy atom. The molecule has 0 bridgehead atoms. The number of esters is 1. The summed E-state index contributed by atoms with van der Waals surface area (Å²) in [6.07, 6.45) is 3.46. The number of benzene rings is 1. The van der Waals surface area contributed by atoms with Gasteiger partial charge in [-0.15, -0.1) is 23.7 Å². The van der Waals surface area contributed by atoms with Crippen molar-refractivity contribution in [1.82, 2.24) is 9.21 Å². The largest absolute Gasteiger partial charge is 0.465 e. The minimum Gasteiger partial charge on any atom is -0.465 e. The number of anilines is 1. The number of amides is 1. The fraction of sp³-hybridized carbons (Fsp3) is 0.500. The highest BCUT2D eigenvalue weighted by Crippen LogP contribution is 2.38. The van der Waals surface area contributed by atoms with Gasteiger partial charge in [0.25, 0.3) is 5.91 Å². The van der Waals surface area contributed by atoms with Gasteiger partial charge in [0, 0.05) is 36.1 Å². The van der Waals surface area contributed by atoms with E-state index in [0.29, 0.717) is 22.7 Å². The zero-order valence-corrected chi connectivity index (χ0v) is 22.7. The number of methoxy groups -OCH3 is 1. The molecule has 1 unspecified atom stereocenters. The molecule has 0 spiro atoms. The molecule has 2 aromatic rings. The third-order valence-electron chi connectivity index (χ3n) is 6.66. The van der Waals surface area contributed by atoms with Crippen molar-refractivity contribution in [3.63, 3.8) is 0 Å². The van der Waals surface area contributed by atoms with Crippen molar-refractivity contribution in [3.8, 4) is 0 Å². The van der Waals surface area contributed by atoms with E-state index >= 15 is 0 Å². The van der Waals surface area contributed by atoms with Crippen LogP contribution in [0.15, 0.2) is 29.2 Å². The van der Waals surface area contributed by atoms with Crippen molar-refractivity contribution >= 4 is 50.6 Å². The summed E-state index contributed by atoms with van der Waals surface area (Å²) in [4.78, 5) is 29.0. The maximum atomic E-state index is 13.1. The molecule has 1 N–H and O–H groups in total. The van der Waals surface area contributed by atoms with Gasteiger partial charge in [0.1, 0.15) is 5.00 Å². The smallest absolute Gasteiger partial charge is 0.341 e. The first-order chi connectivity index (χ1) is 16.3. The molecule has 1 saturated heterocycles.